The zero-order valence-corrected chi connectivity index (χ0v) is 20.0. The molecular weight excluding hydrogens is 470 g/mol. The van der Waals surface area contributed by atoms with Crippen molar-refractivity contribution in [2.75, 3.05) is 26.2 Å². The summed E-state index contributed by atoms with van der Waals surface area (Å²) in [6.07, 6.45) is 1.59. The van der Waals surface area contributed by atoms with Crippen LogP contribution in [0.5, 0.6) is 0 Å². The van der Waals surface area contributed by atoms with Gasteiger partial charge in [-0.25, -0.2) is 18.4 Å². The molecule has 0 atom stereocenters. The fraction of sp³-hybridized carbons (Fsp3) is 0.208. The van der Waals surface area contributed by atoms with Crippen LogP contribution in [0, 0.1) is 0 Å². The van der Waals surface area contributed by atoms with E-state index in [1.807, 2.05) is 64.5 Å². The van der Waals surface area contributed by atoms with Crippen LogP contribution in [0.15, 0.2) is 70.9 Å². The molecule has 4 aromatic rings. The summed E-state index contributed by atoms with van der Waals surface area (Å²) in [6, 6.07) is 17.0. The van der Waals surface area contributed by atoms with Crippen molar-refractivity contribution >= 4 is 44.4 Å². The monoisotopic (exact) mass is 493 g/mol. The number of hydrogen-bond acceptors (Lipinski definition) is 6. The van der Waals surface area contributed by atoms with Gasteiger partial charge in [-0.15, -0.1) is 11.3 Å². The minimum absolute atomic E-state index is 0.0727. The normalized spacial score (nSPS) is 15.4. The van der Waals surface area contributed by atoms with Crippen molar-refractivity contribution in [2.45, 2.75) is 6.54 Å². The third kappa shape index (κ3) is 4.65. The Balaban J connectivity index is 1.28. The van der Waals surface area contributed by atoms with E-state index in [9.17, 15) is 13.2 Å². The first-order chi connectivity index (χ1) is 16.5. The second-order valence-corrected chi connectivity index (χ2v) is 10.5. The largest absolute Gasteiger partial charge is 0.339 e. The molecule has 8 nitrogen and oxygen atoms in total. The van der Waals surface area contributed by atoms with E-state index in [4.69, 9.17) is 0 Å². The molecule has 0 aliphatic carbocycles. The number of benzene rings is 2. The predicted octanol–water partition coefficient (Wildman–Crippen LogP) is 3.30. The molecule has 0 N–H and O–H groups in total. The number of aromatic nitrogens is 3. The third-order valence-electron chi connectivity index (χ3n) is 5.79. The van der Waals surface area contributed by atoms with Gasteiger partial charge >= 0.3 is 0 Å². The Hall–Kier alpha value is -3.34. The Kier molecular flexibility index (Phi) is 6.27. The Bertz CT molecular complexity index is 1420. The molecule has 2 aromatic heterocycles. The number of para-hydroxylation sites is 2. The van der Waals surface area contributed by atoms with Crippen molar-refractivity contribution in [2.24, 2.45) is 0 Å². The summed E-state index contributed by atoms with van der Waals surface area (Å²) >= 11 is 1.48. The molecule has 0 radical (unpaired) electrons. The molecule has 2 aromatic carbocycles. The highest BCUT2D eigenvalue weighted by Crippen LogP contribution is 2.25. The number of hydrogen-bond donors (Lipinski definition) is 0. The fourth-order valence-electron chi connectivity index (χ4n) is 4.00. The summed E-state index contributed by atoms with van der Waals surface area (Å²) in [5.41, 5.74) is 4.97. The van der Waals surface area contributed by atoms with Crippen molar-refractivity contribution in [1.29, 1.82) is 0 Å². The number of imidazole rings is 1. The van der Waals surface area contributed by atoms with Gasteiger partial charge in [0.05, 0.1) is 16.5 Å². The zero-order chi connectivity index (χ0) is 23.5. The summed E-state index contributed by atoms with van der Waals surface area (Å²) in [4.78, 5) is 23.9. The summed E-state index contributed by atoms with van der Waals surface area (Å²) < 4.78 is 28.8. The van der Waals surface area contributed by atoms with Crippen molar-refractivity contribution in [3.8, 4) is 11.5 Å². The molecule has 1 aliphatic heterocycles. The predicted molar refractivity (Wildman–Crippen MR) is 133 cm³/mol. The first-order valence-electron chi connectivity index (χ1n) is 10.9. The summed E-state index contributed by atoms with van der Waals surface area (Å²) in [7, 11) is -3.55. The van der Waals surface area contributed by atoms with Gasteiger partial charge < -0.3 is 9.47 Å². The molecule has 5 rings (SSSR count). The van der Waals surface area contributed by atoms with E-state index in [1.54, 1.807) is 16.5 Å². The van der Waals surface area contributed by atoms with Crippen LogP contribution in [0.25, 0.3) is 28.6 Å². The van der Waals surface area contributed by atoms with Gasteiger partial charge in [0.2, 0.25) is 15.9 Å². The van der Waals surface area contributed by atoms with Crippen LogP contribution >= 0.6 is 11.3 Å². The van der Waals surface area contributed by atoms with Gasteiger partial charge in [0.25, 0.3) is 0 Å². The Morgan fingerprint density at radius 2 is 1.74 bits per heavy atom. The van der Waals surface area contributed by atoms with Gasteiger partial charge in [0.1, 0.15) is 12.2 Å². The summed E-state index contributed by atoms with van der Waals surface area (Å²) in [5, 5.41) is 3.15. The second kappa shape index (κ2) is 9.49. The van der Waals surface area contributed by atoms with Crippen LogP contribution in [0.3, 0.4) is 0 Å². The highest BCUT2D eigenvalue weighted by molar-refractivity contribution is 7.92. The number of carbonyl (C=O) groups is 1. The van der Waals surface area contributed by atoms with Crippen molar-refractivity contribution in [1.82, 2.24) is 23.7 Å². The first-order valence-corrected chi connectivity index (χ1v) is 13.3. The minimum atomic E-state index is -3.55. The number of sulfonamides is 1. The number of piperazine rings is 1. The zero-order valence-electron chi connectivity index (χ0n) is 18.3. The molecule has 174 valence electrons. The maximum atomic E-state index is 13.2. The molecule has 3 heterocycles. The van der Waals surface area contributed by atoms with Crippen molar-refractivity contribution in [3.05, 3.63) is 76.5 Å². The SMILES string of the molecule is O=C(Cn1c(-c2cscn2)nc2ccccc21)N1CCN(S(=O)(=O)/C=C/c2ccccc2)CC1. The average Bonchev–Trinajstić information content (AvgIpc) is 3.52. The highest BCUT2D eigenvalue weighted by Gasteiger charge is 2.28. The second-order valence-electron chi connectivity index (χ2n) is 7.92. The first kappa shape index (κ1) is 22.5. The Labute approximate surface area is 201 Å². The third-order valence-corrected chi connectivity index (χ3v) is 7.94. The number of amides is 1. The molecule has 0 saturated carbocycles. The van der Waals surface area contributed by atoms with Crippen LogP contribution in [0.4, 0.5) is 0 Å². The molecule has 1 aliphatic rings. The van der Waals surface area contributed by atoms with Gasteiger partial charge in [-0.3, -0.25) is 4.79 Å². The van der Waals surface area contributed by atoms with E-state index in [2.05, 4.69) is 9.97 Å². The molecule has 1 amide bonds. The Morgan fingerprint density at radius 3 is 2.47 bits per heavy atom. The van der Waals surface area contributed by atoms with Crippen LogP contribution in [-0.2, 0) is 21.4 Å². The molecule has 34 heavy (non-hydrogen) atoms. The van der Waals surface area contributed by atoms with Gasteiger partial charge in [0, 0.05) is 37.0 Å². The number of fused-ring (bicyclic) bond motifs is 1. The standard InChI is InChI=1S/C24H23N5O3S2/c30-23(16-29-22-9-5-4-8-20(22)26-24(29)21-17-33-18-25-21)27-11-13-28(14-12-27)34(31,32)15-10-19-6-2-1-3-7-19/h1-10,15,17-18H,11-14,16H2/b15-10+. The number of thiazole rings is 1. The minimum Gasteiger partial charge on any atom is -0.339 e. The van der Waals surface area contributed by atoms with E-state index >= 15 is 0 Å². The summed E-state index contributed by atoms with van der Waals surface area (Å²) in [5.74, 6) is 0.583. The number of rotatable bonds is 6. The summed E-state index contributed by atoms with van der Waals surface area (Å²) in [6.45, 7) is 1.33. The molecular formula is C24H23N5O3S2. The number of carbonyl (C=O) groups excluding carboxylic acids is 1. The van der Waals surface area contributed by atoms with Crippen molar-refractivity contribution < 1.29 is 13.2 Å². The van der Waals surface area contributed by atoms with E-state index in [-0.39, 0.29) is 25.5 Å². The van der Waals surface area contributed by atoms with E-state index in [0.29, 0.717) is 18.9 Å². The molecule has 10 heteroatoms. The quantitative estimate of drug-likeness (QED) is 0.411. The maximum Gasteiger partial charge on any atom is 0.242 e. The van der Waals surface area contributed by atoms with Gasteiger partial charge in [-0.2, -0.15) is 4.31 Å². The van der Waals surface area contributed by atoms with Crippen LogP contribution in [0.2, 0.25) is 0 Å². The van der Waals surface area contributed by atoms with E-state index in [0.717, 1.165) is 22.3 Å². The van der Waals surface area contributed by atoms with Crippen LogP contribution < -0.4 is 0 Å². The van der Waals surface area contributed by atoms with Gasteiger partial charge in [0.15, 0.2) is 5.82 Å². The molecule has 1 saturated heterocycles. The molecule has 1 fully saturated rings. The topological polar surface area (TPSA) is 88.4 Å². The average molecular weight is 494 g/mol. The van der Waals surface area contributed by atoms with Gasteiger partial charge in [-0.1, -0.05) is 42.5 Å². The smallest absolute Gasteiger partial charge is 0.242 e. The van der Waals surface area contributed by atoms with Gasteiger partial charge in [-0.05, 0) is 23.8 Å². The highest BCUT2D eigenvalue weighted by atomic mass is 32.2. The van der Waals surface area contributed by atoms with E-state index < -0.39 is 10.0 Å². The lowest BCUT2D eigenvalue weighted by Gasteiger charge is -2.33. The molecule has 0 bridgehead atoms. The van der Waals surface area contributed by atoms with Crippen molar-refractivity contribution in [3.63, 3.8) is 0 Å². The lowest BCUT2D eigenvalue weighted by atomic mass is 10.2. The lowest BCUT2D eigenvalue weighted by molar-refractivity contribution is -0.132. The fourth-order valence-corrected chi connectivity index (χ4v) is 5.70. The Morgan fingerprint density at radius 1 is 1.00 bits per heavy atom. The lowest BCUT2D eigenvalue weighted by Crippen LogP contribution is -2.50. The molecule has 0 unspecified atom stereocenters. The van der Waals surface area contributed by atoms with E-state index in [1.165, 1.54) is 21.1 Å². The van der Waals surface area contributed by atoms with Crippen LogP contribution in [-0.4, -0.2) is 64.2 Å². The number of nitrogens with zero attached hydrogens (tertiary/aromatic N) is 5. The van der Waals surface area contributed by atoms with Crippen LogP contribution in [0.1, 0.15) is 5.56 Å². The molecule has 0 spiro atoms. The maximum absolute atomic E-state index is 13.2.